The Morgan fingerprint density at radius 2 is 2.06 bits per heavy atom. The first-order valence-corrected chi connectivity index (χ1v) is 6.80. The lowest BCUT2D eigenvalue weighted by atomic mass is 10.1. The molecule has 0 saturated heterocycles. The van der Waals surface area contributed by atoms with E-state index in [4.69, 9.17) is 5.11 Å². The van der Waals surface area contributed by atoms with Crippen LogP contribution in [0.1, 0.15) is 22.3 Å². The Bertz CT molecular complexity index is 366. The number of carboxylic acids is 1. The summed E-state index contributed by atoms with van der Waals surface area (Å²) in [6.07, 6.45) is 1.13. The van der Waals surface area contributed by atoms with Gasteiger partial charge in [0, 0.05) is 5.75 Å². The highest BCUT2D eigenvalue weighted by Gasteiger charge is 2.08. The third-order valence-corrected chi connectivity index (χ3v) is 3.49. The molecular weight excluding hydrogens is 234 g/mol. The minimum absolute atomic E-state index is 0.424. The van der Waals surface area contributed by atoms with Crippen molar-refractivity contribution in [1.82, 2.24) is 4.90 Å². The molecule has 0 heterocycles. The highest BCUT2D eigenvalue weighted by atomic mass is 32.2. The summed E-state index contributed by atoms with van der Waals surface area (Å²) < 4.78 is 0. The second kappa shape index (κ2) is 7.35. The molecule has 17 heavy (non-hydrogen) atoms. The van der Waals surface area contributed by atoms with Gasteiger partial charge in [-0.25, -0.2) is 4.79 Å². The van der Waals surface area contributed by atoms with Crippen molar-refractivity contribution >= 4 is 17.7 Å². The van der Waals surface area contributed by atoms with Crippen molar-refractivity contribution in [3.63, 3.8) is 0 Å². The highest BCUT2D eigenvalue weighted by Crippen LogP contribution is 2.17. The predicted octanol–water partition coefficient (Wildman–Crippen LogP) is 2.57. The zero-order valence-electron chi connectivity index (χ0n) is 10.3. The maximum Gasteiger partial charge on any atom is 0.335 e. The van der Waals surface area contributed by atoms with Crippen LogP contribution < -0.4 is 0 Å². The molecule has 0 fully saturated rings. The average molecular weight is 253 g/mol. The maximum absolute atomic E-state index is 11.0. The molecule has 0 aliphatic rings. The van der Waals surface area contributed by atoms with E-state index in [9.17, 15) is 4.79 Å². The number of benzene rings is 1. The number of nitrogens with zero attached hydrogens (tertiary/aromatic N) is 1. The Morgan fingerprint density at radius 3 is 2.71 bits per heavy atom. The van der Waals surface area contributed by atoms with Gasteiger partial charge in [0.05, 0.1) is 5.56 Å². The third-order valence-electron chi connectivity index (χ3n) is 2.40. The smallest absolute Gasteiger partial charge is 0.335 e. The van der Waals surface area contributed by atoms with Crippen molar-refractivity contribution in [3.8, 4) is 0 Å². The normalized spacial score (nSPS) is 10.8. The van der Waals surface area contributed by atoms with E-state index in [1.54, 1.807) is 23.9 Å². The highest BCUT2D eigenvalue weighted by molar-refractivity contribution is 7.98. The summed E-state index contributed by atoms with van der Waals surface area (Å²) in [7, 11) is 4.12. The van der Waals surface area contributed by atoms with Gasteiger partial charge in [-0.1, -0.05) is 18.2 Å². The van der Waals surface area contributed by atoms with Crippen molar-refractivity contribution < 1.29 is 9.90 Å². The lowest BCUT2D eigenvalue weighted by molar-refractivity contribution is 0.0696. The van der Waals surface area contributed by atoms with Crippen LogP contribution in [0, 0.1) is 0 Å². The lowest BCUT2D eigenvalue weighted by Gasteiger charge is -2.09. The fraction of sp³-hybridized carbons (Fsp3) is 0.462. The van der Waals surface area contributed by atoms with Gasteiger partial charge in [0.25, 0.3) is 0 Å². The summed E-state index contributed by atoms with van der Waals surface area (Å²) in [6, 6.07) is 7.21. The molecule has 1 aromatic carbocycles. The number of carbonyl (C=O) groups is 1. The number of hydrogen-bond acceptors (Lipinski definition) is 3. The Morgan fingerprint density at radius 1 is 1.35 bits per heavy atom. The SMILES string of the molecule is CN(C)CCCSCc1ccccc1C(=O)O. The molecule has 3 nitrogen and oxygen atoms in total. The number of thioether (sulfide) groups is 1. The van der Waals surface area contributed by atoms with Crippen molar-refractivity contribution in [1.29, 1.82) is 0 Å². The van der Waals surface area contributed by atoms with Crippen LogP contribution in [-0.4, -0.2) is 42.4 Å². The molecular formula is C13H19NO2S. The van der Waals surface area contributed by atoms with E-state index in [1.807, 2.05) is 12.1 Å². The minimum Gasteiger partial charge on any atom is -0.478 e. The molecule has 0 atom stereocenters. The van der Waals surface area contributed by atoms with E-state index >= 15 is 0 Å². The molecule has 0 radical (unpaired) electrons. The fourth-order valence-corrected chi connectivity index (χ4v) is 2.47. The van der Waals surface area contributed by atoms with Crippen molar-refractivity contribution in [3.05, 3.63) is 35.4 Å². The molecule has 0 bridgehead atoms. The van der Waals surface area contributed by atoms with E-state index in [1.165, 1.54) is 0 Å². The Kier molecular flexibility index (Phi) is 6.08. The van der Waals surface area contributed by atoms with Crippen LogP contribution in [0.25, 0.3) is 0 Å². The second-order valence-corrected chi connectivity index (χ2v) is 5.28. The van der Waals surface area contributed by atoms with E-state index in [-0.39, 0.29) is 0 Å². The number of hydrogen-bond donors (Lipinski definition) is 1. The van der Waals surface area contributed by atoms with Crippen molar-refractivity contribution in [2.75, 3.05) is 26.4 Å². The van der Waals surface area contributed by atoms with Crippen LogP contribution in [0.15, 0.2) is 24.3 Å². The maximum atomic E-state index is 11.0. The monoisotopic (exact) mass is 253 g/mol. The largest absolute Gasteiger partial charge is 0.478 e. The molecule has 0 aliphatic heterocycles. The summed E-state index contributed by atoms with van der Waals surface area (Å²) >= 11 is 1.79. The van der Waals surface area contributed by atoms with E-state index in [0.717, 1.165) is 30.0 Å². The van der Waals surface area contributed by atoms with Gasteiger partial charge in [0.1, 0.15) is 0 Å². The van der Waals surface area contributed by atoms with Gasteiger partial charge in [-0.2, -0.15) is 11.8 Å². The summed E-state index contributed by atoms with van der Waals surface area (Å²) in [4.78, 5) is 13.1. The Balaban J connectivity index is 2.39. The standard InChI is InChI=1S/C13H19NO2S/c1-14(2)8-5-9-17-10-11-6-3-4-7-12(11)13(15)16/h3-4,6-7H,5,8-10H2,1-2H3,(H,15,16). The van der Waals surface area contributed by atoms with E-state index in [2.05, 4.69) is 19.0 Å². The van der Waals surface area contributed by atoms with Crippen LogP contribution >= 0.6 is 11.8 Å². The second-order valence-electron chi connectivity index (χ2n) is 4.17. The van der Waals surface area contributed by atoms with Crippen LogP contribution in [0.4, 0.5) is 0 Å². The molecule has 0 aromatic heterocycles. The summed E-state index contributed by atoms with van der Waals surface area (Å²) in [5.74, 6) is 0.997. The number of aromatic carboxylic acids is 1. The Labute approximate surface area is 107 Å². The molecule has 1 N–H and O–H groups in total. The zero-order valence-corrected chi connectivity index (χ0v) is 11.2. The third kappa shape index (κ3) is 5.24. The van der Waals surface area contributed by atoms with Gasteiger partial charge in [0.2, 0.25) is 0 Å². The minimum atomic E-state index is -0.838. The van der Waals surface area contributed by atoms with Gasteiger partial charge >= 0.3 is 5.97 Å². The van der Waals surface area contributed by atoms with Crippen LogP contribution in [-0.2, 0) is 5.75 Å². The van der Waals surface area contributed by atoms with Gasteiger partial charge in [-0.3, -0.25) is 0 Å². The molecule has 4 heteroatoms. The topological polar surface area (TPSA) is 40.5 Å². The number of rotatable bonds is 7. The zero-order chi connectivity index (χ0) is 12.7. The lowest BCUT2D eigenvalue weighted by Crippen LogP contribution is -2.13. The molecule has 0 amide bonds. The molecule has 0 spiro atoms. The van der Waals surface area contributed by atoms with E-state index in [0.29, 0.717) is 5.56 Å². The first-order chi connectivity index (χ1) is 8.11. The molecule has 0 saturated carbocycles. The predicted molar refractivity (Wildman–Crippen MR) is 72.7 cm³/mol. The van der Waals surface area contributed by atoms with Gasteiger partial charge in [-0.05, 0) is 44.4 Å². The fourth-order valence-electron chi connectivity index (χ4n) is 1.52. The van der Waals surface area contributed by atoms with Crippen LogP contribution in [0.3, 0.4) is 0 Å². The van der Waals surface area contributed by atoms with Crippen LogP contribution in [0.5, 0.6) is 0 Å². The number of carboxylic acid groups (broad SMARTS) is 1. The van der Waals surface area contributed by atoms with Gasteiger partial charge in [0.15, 0.2) is 0 Å². The first-order valence-electron chi connectivity index (χ1n) is 5.65. The molecule has 0 aliphatic carbocycles. The summed E-state index contributed by atoms with van der Waals surface area (Å²) in [5, 5.41) is 9.03. The average Bonchev–Trinajstić information content (AvgIpc) is 2.28. The molecule has 1 rings (SSSR count). The summed E-state index contributed by atoms with van der Waals surface area (Å²) in [5.41, 5.74) is 1.34. The Hall–Kier alpha value is -1.00. The quantitative estimate of drug-likeness (QED) is 0.758. The molecule has 94 valence electrons. The van der Waals surface area contributed by atoms with E-state index < -0.39 is 5.97 Å². The van der Waals surface area contributed by atoms with Gasteiger partial charge < -0.3 is 10.0 Å². The van der Waals surface area contributed by atoms with Crippen LogP contribution in [0.2, 0.25) is 0 Å². The van der Waals surface area contributed by atoms with Crippen molar-refractivity contribution in [2.45, 2.75) is 12.2 Å². The molecule has 0 unspecified atom stereocenters. The first kappa shape index (κ1) is 14.1. The summed E-state index contributed by atoms with van der Waals surface area (Å²) in [6.45, 7) is 1.08. The van der Waals surface area contributed by atoms with Crippen molar-refractivity contribution in [2.24, 2.45) is 0 Å². The molecule has 1 aromatic rings. The van der Waals surface area contributed by atoms with Gasteiger partial charge in [-0.15, -0.1) is 0 Å².